The SMILES string of the molecule is Cc1ccn2cc(C(=O)NCc3ccc(N(C)C)cc3)nc2c1. The molecule has 1 amide bonds. The van der Waals surface area contributed by atoms with Gasteiger partial charge in [0.1, 0.15) is 11.3 Å². The molecule has 23 heavy (non-hydrogen) atoms. The summed E-state index contributed by atoms with van der Waals surface area (Å²) >= 11 is 0. The van der Waals surface area contributed by atoms with E-state index in [-0.39, 0.29) is 5.91 Å². The molecule has 2 heterocycles. The lowest BCUT2D eigenvalue weighted by molar-refractivity contribution is 0.0946. The molecule has 5 nitrogen and oxygen atoms in total. The Bertz CT molecular complexity index is 834. The van der Waals surface area contributed by atoms with E-state index >= 15 is 0 Å². The number of carbonyl (C=O) groups excluding carboxylic acids is 1. The molecule has 0 bridgehead atoms. The first-order chi connectivity index (χ1) is 11.0. The maximum Gasteiger partial charge on any atom is 0.271 e. The fourth-order valence-corrected chi connectivity index (χ4v) is 2.38. The summed E-state index contributed by atoms with van der Waals surface area (Å²) in [5, 5.41) is 2.91. The molecule has 118 valence electrons. The fraction of sp³-hybridized carbons (Fsp3) is 0.222. The monoisotopic (exact) mass is 308 g/mol. The van der Waals surface area contributed by atoms with Crippen molar-refractivity contribution >= 4 is 17.2 Å². The zero-order valence-electron chi connectivity index (χ0n) is 13.6. The van der Waals surface area contributed by atoms with Crippen molar-refractivity contribution in [3.8, 4) is 0 Å². The summed E-state index contributed by atoms with van der Waals surface area (Å²) in [5.74, 6) is -0.164. The molecule has 5 heteroatoms. The van der Waals surface area contributed by atoms with Gasteiger partial charge in [0.15, 0.2) is 0 Å². The Morgan fingerprint density at radius 1 is 1.22 bits per heavy atom. The summed E-state index contributed by atoms with van der Waals surface area (Å²) in [5.41, 5.74) is 4.53. The summed E-state index contributed by atoms with van der Waals surface area (Å²) in [4.78, 5) is 18.7. The smallest absolute Gasteiger partial charge is 0.271 e. The van der Waals surface area contributed by atoms with E-state index in [1.54, 1.807) is 6.20 Å². The molecule has 0 spiro atoms. The molecule has 3 aromatic rings. The Hall–Kier alpha value is -2.82. The molecular weight excluding hydrogens is 288 g/mol. The molecule has 1 aromatic carbocycles. The first-order valence-corrected chi connectivity index (χ1v) is 7.53. The number of hydrogen-bond acceptors (Lipinski definition) is 3. The molecular formula is C18H20N4O. The van der Waals surface area contributed by atoms with Crippen LogP contribution in [0.1, 0.15) is 21.6 Å². The topological polar surface area (TPSA) is 49.6 Å². The van der Waals surface area contributed by atoms with Gasteiger partial charge in [0.2, 0.25) is 0 Å². The second-order valence-electron chi connectivity index (χ2n) is 5.84. The normalized spacial score (nSPS) is 10.7. The van der Waals surface area contributed by atoms with Crippen molar-refractivity contribution in [2.75, 3.05) is 19.0 Å². The maximum absolute atomic E-state index is 12.3. The van der Waals surface area contributed by atoms with Crippen LogP contribution in [0.15, 0.2) is 48.8 Å². The van der Waals surface area contributed by atoms with E-state index < -0.39 is 0 Å². The Kier molecular flexibility index (Phi) is 4.02. The third-order valence-electron chi connectivity index (χ3n) is 3.75. The van der Waals surface area contributed by atoms with Gasteiger partial charge >= 0.3 is 0 Å². The summed E-state index contributed by atoms with van der Waals surface area (Å²) in [6.07, 6.45) is 3.66. The molecule has 2 aromatic heterocycles. The van der Waals surface area contributed by atoms with Crippen LogP contribution in [0.2, 0.25) is 0 Å². The lowest BCUT2D eigenvalue weighted by atomic mass is 10.2. The van der Waals surface area contributed by atoms with Gasteiger partial charge in [0, 0.05) is 38.7 Å². The summed E-state index contributed by atoms with van der Waals surface area (Å²) in [7, 11) is 4.00. The van der Waals surface area contributed by atoms with Gasteiger partial charge in [-0.05, 0) is 42.3 Å². The second kappa shape index (κ2) is 6.12. The fourth-order valence-electron chi connectivity index (χ4n) is 2.38. The van der Waals surface area contributed by atoms with Crippen LogP contribution in [-0.4, -0.2) is 29.4 Å². The minimum Gasteiger partial charge on any atom is -0.378 e. The van der Waals surface area contributed by atoms with Crippen LogP contribution in [0.3, 0.4) is 0 Å². The molecule has 0 fully saturated rings. The minimum absolute atomic E-state index is 0.164. The number of amides is 1. The van der Waals surface area contributed by atoms with Crippen LogP contribution >= 0.6 is 0 Å². The van der Waals surface area contributed by atoms with Gasteiger partial charge in [0.05, 0.1) is 0 Å². The number of anilines is 1. The van der Waals surface area contributed by atoms with Crippen LogP contribution in [0.25, 0.3) is 5.65 Å². The second-order valence-corrected chi connectivity index (χ2v) is 5.84. The molecule has 0 aliphatic carbocycles. The van der Waals surface area contributed by atoms with Gasteiger partial charge < -0.3 is 14.6 Å². The number of nitrogens with zero attached hydrogens (tertiary/aromatic N) is 3. The molecule has 0 atom stereocenters. The Morgan fingerprint density at radius 2 is 1.96 bits per heavy atom. The van der Waals surface area contributed by atoms with E-state index in [9.17, 15) is 4.79 Å². The highest BCUT2D eigenvalue weighted by Gasteiger charge is 2.10. The Morgan fingerprint density at radius 3 is 2.65 bits per heavy atom. The molecule has 3 rings (SSSR count). The predicted molar refractivity (Wildman–Crippen MR) is 91.9 cm³/mol. The third-order valence-corrected chi connectivity index (χ3v) is 3.75. The van der Waals surface area contributed by atoms with Crippen molar-refractivity contribution in [2.24, 2.45) is 0 Å². The standard InChI is InChI=1S/C18H20N4O/c1-13-8-9-22-12-16(20-17(22)10-13)18(23)19-11-14-4-6-15(7-5-14)21(2)3/h4-10,12H,11H2,1-3H3,(H,19,23). The highest BCUT2D eigenvalue weighted by molar-refractivity contribution is 5.92. The predicted octanol–water partition coefficient (Wildman–Crippen LogP) is 2.64. The van der Waals surface area contributed by atoms with Gasteiger partial charge in [-0.1, -0.05) is 12.1 Å². The lowest BCUT2D eigenvalue weighted by Crippen LogP contribution is -2.23. The van der Waals surface area contributed by atoms with Crippen LogP contribution in [0.5, 0.6) is 0 Å². The van der Waals surface area contributed by atoms with E-state index in [0.29, 0.717) is 12.2 Å². The van der Waals surface area contributed by atoms with Gasteiger partial charge in [-0.3, -0.25) is 4.79 Å². The summed E-state index contributed by atoms with van der Waals surface area (Å²) in [6, 6.07) is 12.1. The highest BCUT2D eigenvalue weighted by atomic mass is 16.1. The van der Waals surface area contributed by atoms with Crippen molar-refractivity contribution < 1.29 is 4.79 Å². The Labute approximate surface area is 135 Å². The Balaban J connectivity index is 1.68. The summed E-state index contributed by atoms with van der Waals surface area (Å²) < 4.78 is 1.85. The summed E-state index contributed by atoms with van der Waals surface area (Å²) in [6.45, 7) is 2.49. The van der Waals surface area contributed by atoms with Crippen LogP contribution in [0.4, 0.5) is 5.69 Å². The van der Waals surface area contributed by atoms with Crippen LogP contribution in [-0.2, 0) is 6.54 Å². The zero-order valence-corrected chi connectivity index (χ0v) is 13.6. The van der Waals surface area contributed by atoms with Gasteiger partial charge in [-0.2, -0.15) is 0 Å². The van der Waals surface area contributed by atoms with E-state index in [2.05, 4.69) is 10.3 Å². The number of rotatable bonds is 4. The highest BCUT2D eigenvalue weighted by Crippen LogP contribution is 2.12. The average molecular weight is 308 g/mol. The minimum atomic E-state index is -0.164. The van der Waals surface area contributed by atoms with E-state index in [0.717, 1.165) is 22.5 Å². The number of imidazole rings is 1. The van der Waals surface area contributed by atoms with E-state index in [1.807, 2.05) is 72.9 Å². The molecule has 0 radical (unpaired) electrons. The van der Waals surface area contributed by atoms with Crippen molar-refractivity contribution in [2.45, 2.75) is 13.5 Å². The number of nitrogens with one attached hydrogen (secondary N) is 1. The third kappa shape index (κ3) is 3.34. The molecule has 0 aliphatic rings. The lowest BCUT2D eigenvalue weighted by Gasteiger charge is -2.12. The van der Waals surface area contributed by atoms with Crippen molar-refractivity contribution in [1.82, 2.24) is 14.7 Å². The largest absolute Gasteiger partial charge is 0.378 e. The van der Waals surface area contributed by atoms with E-state index in [4.69, 9.17) is 0 Å². The van der Waals surface area contributed by atoms with Crippen LogP contribution < -0.4 is 10.2 Å². The molecule has 0 saturated carbocycles. The van der Waals surface area contributed by atoms with Crippen molar-refractivity contribution in [3.63, 3.8) is 0 Å². The maximum atomic E-state index is 12.3. The average Bonchev–Trinajstić information content (AvgIpc) is 2.96. The number of carbonyl (C=O) groups is 1. The van der Waals surface area contributed by atoms with Gasteiger partial charge in [0.25, 0.3) is 5.91 Å². The number of aryl methyl sites for hydroxylation is 1. The van der Waals surface area contributed by atoms with Crippen LogP contribution in [0, 0.1) is 6.92 Å². The van der Waals surface area contributed by atoms with Crippen molar-refractivity contribution in [1.29, 1.82) is 0 Å². The molecule has 0 unspecified atom stereocenters. The number of pyridine rings is 1. The number of benzene rings is 1. The first kappa shape index (κ1) is 15.1. The first-order valence-electron chi connectivity index (χ1n) is 7.53. The molecule has 1 N–H and O–H groups in total. The number of aromatic nitrogens is 2. The van der Waals surface area contributed by atoms with Gasteiger partial charge in [-0.25, -0.2) is 4.98 Å². The number of fused-ring (bicyclic) bond motifs is 1. The molecule has 0 saturated heterocycles. The zero-order chi connectivity index (χ0) is 16.4. The van der Waals surface area contributed by atoms with Gasteiger partial charge in [-0.15, -0.1) is 0 Å². The van der Waals surface area contributed by atoms with Crippen molar-refractivity contribution in [3.05, 3.63) is 65.6 Å². The molecule has 0 aliphatic heterocycles. The quantitative estimate of drug-likeness (QED) is 0.806. The van der Waals surface area contributed by atoms with E-state index in [1.165, 1.54) is 0 Å². The number of hydrogen-bond donors (Lipinski definition) is 1.